The number of nitrogens with one attached hydrogen (secondary N) is 1. The van der Waals surface area contributed by atoms with Crippen molar-refractivity contribution in [2.24, 2.45) is 0 Å². The lowest BCUT2D eigenvalue weighted by atomic mass is 9.99. The molecular formula is C19H22N2O. The lowest BCUT2D eigenvalue weighted by Crippen LogP contribution is -2.24. The van der Waals surface area contributed by atoms with Crippen molar-refractivity contribution in [1.82, 2.24) is 10.3 Å². The zero-order valence-electron chi connectivity index (χ0n) is 13.3. The van der Waals surface area contributed by atoms with Crippen LogP contribution in [0.4, 0.5) is 0 Å². The minimum Gasteiger partial charge on any atom is -0.346 e. The molecule has 0 fully saturated rings. The summed E-state index contributed by atoms with van der Waals surface area (Å²) >= 11 is 0. The summed E-state index contributed by atoms with van der Waals surface area (Å²) in [5.74, 6) is 0.416. The molecule has 0 bridgehead atoms. The molecule has 1 N–H and O–H groups in total. The Kier molecular flexibility index (Phi) is 5.48. The van der Waals surface area contributed by atoms with Crippen molar-refractivity contribution in [3.63, 3.8) is 0 Å². The fourth-order valence-corrected chi connectivity index (χ4v) is 2.16. The van der Waals surface area contributed by atoms with Crippen molar-refractivity contribution >= 4 is 12.0 Å². The maximum atomic E-state index is 12.0. The Morgan fingerprint density at radius 2 is 1.59 bits per heavy atom. The van der Waals surface area contributed by atoms with Gasteiger partial charge >= 0.3 is 0 Å². The molecule has 1 aromatic carbocycles. The number of carbonyl (C=O) groups excluding carboxylic acids is 1. The van der Waals surface area contributed by atoms with Crippen LogP contribution in [-0.2, 0) is 4.79 Å². The van der Waals surface area contributed by atoms with E-state index in [1.807, 2.05) is 19.1 Å². The molecule has 3 heteroatoms. The largest absolute Gasteiger partial charge is 0.346 e. The Labute approximate surface area is 132 Å². The number of aromatic nitrogens is 1. The minimum atomic E-state index is -0.0998. The topological polar surface area (TPSA) is 42.0 Å². The van der Waals surface area contributed by atoms with Gasteiger partial charge in [0.25, 0.3) is 0 Å². The van der Waals surface area contributed by atoms with E-state index in [0.29, 0.717) is 5.92 Å². The SMILES string of the molecule is CC(C)c1ccc(C(C)NC(=O)/C=C/c2ccncc2)cc1. The smallest absolute Gasteiger partial charge is 0.244 e. The van der Waals surface area contributed by atoms with Crippen molar-refractivity contribution in [3.05, 3.63) is 71.6 Å². The summed E-state index contributed by atoms with van der Waals surface area (Å²) in [5, 5.41) is 2.97. The van der Waals surface area contributed by atoms with Gasteiger partial charge in [-0.05, 0) is 47.7 Å². The van der Waals surface area contributed by atoms with Gasteiger partial charge in [-0.2, -0.15) is 0 Å². The van der Waals surface area contributed by atoms with Gasteiger partial charge in [0.05, 0.1) is 6.04 Å². The molecule has 22 heavy (non-hydrogen) atoms. The summed E-state index contributed by atoms with van der Waals surface area (Å²) in [4.78, 5) is 15.9. The summed E-state index contributed by atoms with van der Waals surface area (Å²) in [7, 11) is 0. The molecule has 1 atom stereocenters. The maximum Gasteiger partial charge on any atom is 0.244 e. The maximum absolute atomic E-state index is 12.0. The Balaban J connectivity index is 1.94. The van der Waals surface area contributed by atoms with E-state index in [9.17, 15) is 4.79 Å². The Hall–Kier alpha value is -2.42. The van der Waals surface area contributed by atoms with E-state index in [4.69, 9.17) is 0 Å². The highest BCUT2D eigenvalue weighted by atomic mass is 16.1. The van der Waals surface area contributed by atoms with Crippen LogP contribution in [-0.4, -0.2) is 10.9 Å². The summed E-state index contributed by atoms with van der Waals surface area (Å²) in [6.07, 6.45) is 6.74. The minimum absolute atomic E-state index is 0.0178. The van der Waals surface area contributed by atoms with Gasteiger partial charge in [0.2, 0.25) is 5.91 Å². The molecule has 0 saturated heterocycles. The standard InChI is InChI=1S/C19H22N2O/c1-14(2)17-5-7-18(8-6-17)15(3)21-19(22)9-4-16-10-12-20-13-11-16/h4-15H,1-3H3,(H,21,22)/b9-4+. The van der Waals surface area contributed by atoms with Gasteiger partial charge < -0.3 is 5.32 Å². The van der Waals surface area contributed by atoms with Crippen molar-refractivity contribution in [3.8, 4) is 0 Å². The fourth-order valence-electron chi connectivity index (χ4n) is 2.16. The first kappa shape index (κ1) is 16.0. The van der Waals surface area contributed by atoms with Crippen LogP contribution in [0.5, 0.6) is 0 Å². The quantitative estimate of drug-likeness (QED) is 0.844. The molecule has 2 rings (SSSR count). The number of rotatable bonds is 5. The highest BCUT2D eigenvalue weighted by Gasteiger charge is 2.08. The van der Waals surface area contributed by atoms with Crippen LogP contribution in [0.15, 0.2) is 54.9 Å². The second-order valence-corrected chi connectivity index (χ2v) is 5.67. The van der Waals surface area contributed by atoms with Crippen LogP contribution in [0.1, 0.15) is 49.4 Å². The second-order valence-electron chi connectivity index (χ2n) is 5.67. The number of nitrogens with zero attached hydrogens (tertiary/aromatic N) is 1. The number of hydrogen-bond donors (Lipinski definition) is 1. The first-order valence-electron chi connectivity index (χ1n) is 7.54. The molecule has 114 valence electrons. The van der Waals surface area contributed by atoms with E-state index in [-0.39, 0.29) is 11.9 Å². The van der Waals surface area contributed by atoms with Crippen molar-refractivity contribution in [2.45, 2.75) is 32.7 Å². The lowest BCUT2D eigenvalue weighted by molar-refractivity contribution is -0.117. The Bertz CT molecular complexity index is 630. The molecular weight excluding hydrogens is 272 g/mol. The van der Waals surface area contributed by atoms with Gasteiger partial charge in [0, 0.05) is 18.5 Å². The van der Waals surface area contributed by atoms with E-state index in [1.54, 1.807) is 24.5 Å². The monoisotopic (exact) mass is 294 g/mol. The van der Waals surface area contributed by atoms with Crippen LogP contribution in [0, 0.1) is 0 Å². The lowest BCUT2D eigenvalue weighted by Gasteiger charge is -2.14. The number of pyridine rings is 1. The van der Waals surface area contributed by atoms with Crippen LogP contribution < -0.4 is 5.32 Å². The van der Waals surface area contributed by atoms with Crippen LogP contribution in [0.3, 0.4) is 0 Å². The van der Waals surface area contributed by atoms with E-state index < -0.39 is 0 Å². The van der Waals surface area contributed by atoms with Crippen molar-refractivity contribution < 1.29 is 4.79 Å². The van der Waals surface area contributed by atoms with Crippen molar-refractivity contribution in [1.29, 1.82) is 0 Å². The molecule has 3 nitrogen and oxygen atoms in total. The fraction of sp³-hybridized carbons (Fsp3) is 0.263. The highest BCUT2D eigenvalue weighted by molar-refractivity contribution is 5.91. The Morgan fingerprint density at radius 1 is 1.00 bits per heavy atom. The number of amides is 1. The zero-order valence-corrected chi connectivity index (χ0v) is 13.3. The van der Waals surface area contributed by atoms with Gasteiger partial charge in [-0.3, -0.25) is 9.78 Å². The third-order valence-electron chi connectivity index (χ3n) is 3.60. The van der Waals surface area contributed by atoms with Crippen molar-refractivity contribution in [2.75, 3.05) is 0 Å². The average Bonchev–Trinajstić information content (AvgIpc) is 2.54. The molecule has 1 unspecified atom stereocenters. The Morgan fingerprint density at radius 3 is 2.18 bits per heavy atom. The molecule has 1 amide bonds. The molecule has 0 radical (unpaired) electrons. The van der Waals surface area contributed by atoms with Gasteiger partial charge in [-0.1, -0.05) is 38.1 Å². The highest BCUT2D eigenvalue weighted by Crippen LogP contribution is 2.18. The van der Waals surface area contributed by atoms with Crippen LogP contribution >= 0.6 is 0 Å². The number of benzene rings is 1. The van der Waals surface area contributed by atoms with Gasteiger partial charge in [-0.15, -0.1) is 0 Å². The van der Waals surface area contributed by atoms with Crippen LogP contribution in [0.25, 0.3) is 6.08 Å². The first-order chi connectivity index (χ1) is 10.6. The molecule has 0 saturated carbocycles. The molecule has 2 aromatic rings. The summed E-state index contributed by atoms with van der Waals surface area (Å²) in [6, 6.07) is 12.1. The third kappa shape index (κ3) is 4.55. The summed E-state index contributed by atoms with van der Waals surface area (Å²) in [5.41, 5.74) is 3.37. The van der Waals surface area contributed by atoms with E-state index >= 15 is 0 Å². The van der Waals surface area contributed by atoms with E-state index in [1.165, 1.54) is 5.56 Å². The molecule has 0 aliphatic heterocycles. The molecule has 0 aliphatic rings. The predicted octanol–water partition coefficient (Wildman–Crippen LogP) is 4.10. The normalized spacial score (nSPS) is 12.5. The summed E-state index contributed by atoms with van der Waals surface area (Å²) < 4.78 is 0. The molecule has 0 aliphatic carbocycles. The number of hydrogen-bond acceptors (Lipinski definition) is 2. The van der Waals surface area contributed by atoms with Gasteiger partial charge in [-0.25, -0.2) is 0 Å². The van der Waals surface area contributed by atoms with Crippen LogP contribution in [0.2, 0.25) is 0 Å². The number of carbonyl (C=O) groups is 1. The molecule has 1 aromatic heterocycles. The van der Waals surface area contributed by atoms with E-state index in [2.05, 4.69) is 48.4 Å². The molecule has 0 spiro atoms. The van der Waals surface area contributed by atoms with Gasteiger partial charge in [0.1, 0.15) is 0 Å². The molecule has 1 heterocycles. The predicted molar refractivity (Wildman–Crippen MR) is 90.4 cm³/mol. The van der Waals surface area contributed by atoms with E-state index in [0.717, 1.165) is 11.1 Å². The third-order valence-corrected chi connectivity index (χ3v) is 3.60. The average molecular weight is 294 g/mol. The first-order valence-corrected chi connectivity index (χ1v) is 7.54. The zero-order chi connectivity index (χ0) is 15.9. The van der Waals surface area contributed by atoms with Gasteiger partial charge in [0.15, 0.2) is 0 Å². The second kappa shape index (κ2) is 7.55. The summed E-state index contributed by atoms with van der Waals surface area (Å²) in [6.45, 7) is 6.33.